The second-order valence-corrected chi connectivity index (χ2v) is 1.54. The maximum atomic E-state index is 10.3. The van der Waals surface area contributed by atoms with Crippen molar-refractivity contribution < 1.29 is 29.2 Å². The summed E-state index contributed by atoms with van der Waals surface area (Å²) in [6.07, 6.45) is -3.10. The molecule has 59 valence electrons. The van der Waals surface area contributed by atoms with E-state index in [-0.39, 0.29) is 7.35 Å². The predicted molar refractivity (Wildman–Crippen MR) is 30.2 cm³/mol. The molecule has 0 saturated heterocycles. The third-order valence-electron chi connectivity index (χ3n) is 0.826. The summed E-state index contributed by atoms with van der Waals surface area (Å²) < 4.78 is 13.1. The van der Waals surface area contributed by atoms with Crippen LogP contribution in [0.4, 0.5) is 0 Å². The fourth-order valence-corrected chi connectivity index (χ4v) is 0.310. The van der Waals surface area contributed by atoms with Gasteiger partial charge in [0, 0.05) is 0 Å². The molecule has 0 spiro atoms. The van der Waals surface area contributed by atoms with Crippen LogP contribution in [-0.2, 0) is 18.9 Å². The summed E-state index contributed by atoms with van der Waals surface area (Å²) >= 11 is 0. The maximum absolute atomic E-state index is 10.3. The number of carbonyl (C=O) groups excluding carboxylic acids is 2. The molecule has 2 N–H and O–H groups in total. The van der Waals surface area contributed by atoms with Gasteiger partial charge in [-0.05, 0) is 0 Å². The molecule has 7 heteroatoms. The zero-order valence-corrected chi connectivity index (χ0v) is 5.26. The van der Waals surface area contributed by atoms with E-state index in [0.717, 1.165) is 6.29 Å². The van der Waals surface area contributed by atoms with Gasteiger partial charge >= 0.3 is 61.0 Å². The average Bonchev–Trinajstić information content (AvgIpc) is 2.02. The Kier molecular flexibility index (Phi) is 4.24. The molecule has 0 aromatic heterocycles. The van der Waals surface area contributed by atoms with Crippen molar-refractivity contribution in [2.24, 2.45) is 0 Å². The molecule has 2 unspecified atom stereocenters. The SMILES string of the molecule is O=BOC(=O)C(O)C(O)[C]=O. The Labute approximate surface area is 62.1 Å². The van der Waals surface area contributed by atoms with Gasteiger partial charge in [0.05, 0.1) is 0 Å². The Hall–Kier alpha value is -1.08. The third kappa shape index (κ3) is 3.01. The minimum atomic E-state index is -2.06. The Morgan fingerprint density at radius 1 is 1.55 bits per heavy atom. The van der Waals surface area contributed by atoms with Crippen molar-refractivity contribution in [3.8, 4) is 0 Å². The van der Waals surface area contributed by atoms with E-state index in [2.05, 4.69) is 4.65 Å². The van der Waals surface area contributed by atoms with E-state index in [1.807, 2.05) is 0 Å². The van der Waals surface area contributed by atoms with Crippen LogP contribution >= 0.6 is 0 Å². The first-order valence-electron chi connectivity index (χ1n) is 2.51. The van der Waals surface area contributed by atoms with Crippen molar-refractivity contribution in [3.63, 3.8) is 0 Å². The number of aliphatic hydroxyl groups excluding tert-OH is 2. The van der Waals surface area contributed by atoms with E-state index in [0.29, 0.717) is 0 Å². The zero-order valence-electron chi connectivity index (χ0n) is 5.26. The first kappa shape index (κ1) is 9.92. The van der Waals surface area contributed by atoms with E-state index in [1.54, 1.807) is 0 Å². The van der Waals surface area contributed by atoms with E-state index in [1.165, 1.54) is 0 Å². The molecule has 0 heterocycles. The van der Waals surface area contributed by atoms with Gasteiger partial charge in [0.25, 0.3) is 0 Å². The molecule has 0 aliphatic rings. The molecular formula is C4H4BO6. The van der Waals surface area contributed by atoms with Crippen LogP contribution in [0.15, 0.2) is 0 Å². The molecule has 0 fully saturated rings. The number of rotatable bonds is 4. The predicted octanol–water partition coefficient (Wildman–Crippen LogP) is -2.67. The van der Waals surface area contributed by atoms with Gasteiger partial charge in [-0.25, -0.2) is 0 Å². The molecule has 0 aliphatic heterocycles. The molecule has 1 radical (unpaired) electrons. The molecule has 2 atom stereocenters. The van der Waals surface area contributed by atoms with Gasteiger partial charge in [0.1, 0.15) is 0 Å². The normalized spacial score (nSPS) is 14.4. The molecule has 6 nitrogen and oxygen atoms in total. The third-order valence-corrected chi connectivity index (χ3v) is 0.826. The molecule has 0 rings (SSSR count). The van der Waals surface area contributed by atoms with Crippen molar-refractivity contribution in [2.45, 2.75) is 12.2 Å². The van der Waals surface area contributed by atoms with E-state index in [9.17, 15) is 14.3 Å². The van der Waals surface area contributed by atoms with Crippen LogP contribution in [0.2, 0.25) is 0 Å². The number of carbonyl (C=O) groups is 1. The number of hydrogen-bond acceptors (Lipinski definition) is 6. The summed E-state index contributed by atoms with van der Waals surface area (Å²) in [6, 6.07) is 0. The minimum absolute atomic E-state index is 0.219. The Morgan fingerprint density at radius 3 is 2.45 bits per heavy atom. The van der Waals surface area contributed by atoms with Crippen LogP contribution in [0.25, 0.3) is 0 Å². The summed E-state index contributed by atoms with van der Waals surface area (Å²) in [4.78, 5) is 19.9. The quantitative estimate of drug-likeness (QED) is 0.433. The molecule has 0 aliphatic carbocycles. The fourth-order valence-electron chi connectivity index (χ4n) is 0.310. The van der Waals surface area contributed by atoms with Crippen molar-refractivity contribution in [1.82, 2.24) is 0 Å². The van der Waals surface area contributed by atoms with Gasteiger partial charge in [-0.1, -0.05) is 0 Å². The van der Waals surface area contributed by atoms with Gasteiger partial charge in [-0.2, -0.15) is 0 Å². The molecular weight excluding hydrogens is 155 g/mol. The van der Waals surface area contributed by atoms with Crippen molar-refractivity contribution in [3.05, 3.63) is 0 Å². The number of aliphatic hydroxyl groups is 2. The second kappa shape index (κ2) is 4.70. The average molecular weight is 159 g/mol. The Morgan fingerprint density at radius 2 is 2.09 bits per heavy atom. The van der Waals surface area contributed by atoms with Gasteiger partial charge < -0.3 is 0 Å². The van der Waals surface area contributed by atoms with E-state index < -0.39 is 18.2 Å². The van der Waals surface area contributed by atoms with E-state index >= 15 is 0 Å². The first-order valence-corrected chi connectivity index (χ1v) is 2.51. The number of hydrogen-bond donors (Lipinski definition) is 2. The zero-order chi connectivity index (χ0) is 8.85. The van der Waals surface area contributed by atoms with E-state index in [4.69, 9.17) is 10.2 Å². The molecule has 11 heavy (non-hydrogen) atoms. The van der Waals surface area contributed by atoms with Crippen molar-refractivity contribution >= 4 is 19.6 Å². The van der Waals surface area contributed by atoms with Crippen molar-refractivity contribution in [1.29, 1.82) is 0 Å². The summed E-state index contributed by atoms with van der Waals surface area (Å²) in [5, 5.41) is 17.0. The van der Waals surface area contributed by atoms with Crippen molar-refractivity contribution in [2.75, 3.05) is 0 Å². The van der Waals surface area contributed by atoms with Gasteiger partial charge in [0.2, 0.25) is 0 Å². The van der Waals surface area contributed by atoms with Crippen LogP contribution in [0, 0.1) is 0 Å². The standard InChI is InChI=1S/C4H4BO6/c6-1-2(7)3(8)4(9)11-5-10/h2-3,7-8H. The fraction of sp³-hybridized carbons (Fsp3) is 0.500. The topological polar surface area (TPSA) is 101 Å². The molecule has 0 amide bonds. The molecule has 0 saturated carbocycles. The van der Waals surface area contributed by atoms with Crippen LogP contribution in [0.3, 0.4) is 0 Å². The Bertz CT molecular complexity index is 168. The van der Waals surface area contributed by atoms with Crippen LogP contribution < -0.4 is 0 Å². The molecule has 0 bridgehead atoms. The van der Waals surface area contributed by atoms with Crippen LogP contribution in [0.5, 0.6) is 0 Å². The summed E-state index contributed by atoms with van der Waals surface area (Å²) in [5.41, 5.74) is 0. The molecule has 0 aromatic carbocycles. The van der Waals surface area contributed by atoms with Gasteiger partial charge in [-0.3, -0.25) is 0 Å². The summed E-state index contributed by atoms with van der Waals surface area (Å²) in [6.45, 7) is 0. The monoisotopic (exact) mass is 159 g/mol. The Balaban J connectivity index is 4.00. The van der Waals surface area contributed by atoms with Gasteiger partial charge in [0.15, 0.2) is 0 Å². The van der Waals surface area contributed by atoms with Crippen LogP contribution in [-0.4, -0.2) is 42.0 Å². The summed E-state index contributed by atoms with van der Waals surface area (Å²) in [5.74, 6) is -1.39. The van der Waals surface area contributed by atoms with Gasteiger partial charge in [-0.15, -0.1) is 0 Å². The van der Waals surface area contributed by atoms with Crippen LogP contribution in [0.1, 0.15) is 0 Å². The second-order valence-electron chi connectivity index (χ2n) is 1.54. The first-order chi connectivity index (χ1) is 5.13. The summed E-state index contributed by atoms with van der Waals surface area (Å²) in [7, 11) is -0.219. The molecule has 0 aromatic rings.